The molecule has 2 aromatic heterocycles. The molecule has 5 nitrogen and oxygen atoms in total. The molecule has 27 heavy (non-hydrogen) atoms. The first-order valence-corrected chi connectivity index (χ1v) is 10.8. The van der Waals surface area contributed by atoms with Crippen molar-refractivity contribution in [1.29, 1.82) is 0 Å². The van der Waals surface area contributed by atoms with E-state index in [1.807, 2.05) is 30.3 Å². The standard InChI is InChI=1S/C20H20N2O3S2/c1-2-25-16(23)12-26-20-21-18-17(14-9-6-10-15(14)27-18)19(24)22(20)11-13-7-4-3-5-8-13/h3-5,7-8H,2,6,9-12H2,1H3. The second kappa shape index (κ2) is 7.86. The largest absolute Gasteiger partial charge is 0.465 e. The quantitative estimate of drug-likeness (QED) is 0.359. The first-order valence-electron chi connectivity index (χ1n) is 9.04. The van der Waals surface area contributed by atoms with Crippen molar-refractivity contribution < 1.29 is 9.53 Å². The van der Waals surface area contributed by atoms with Crippen LogP contribution in [0, 0.1) is 0 Å². The summed E-state index contributed by atoms with van der Waals surface area (Å²) >= 11 is 2.89. The number of fused-ring (bicyclic) bond motifs is 3. The topological polar surface area (TPSA) is 61.2 Å². The maximum atomic E-state index is 13.3. The van der Waals surface area contributed by atoms with Gasteiger partial charge < -0.3 is 4.74 Å². The van der Waals surface area contributed by atoms with E-state index in [0.717, 1.165) is 35.0 Å². The van der Waals surface area contributed by atoms with Gasteiger partial charge in [-0.1, -0.05) is 42.1 Å². The van der Waals surface area contributed by atoms with Gasteiger partial charge in [-0.05, 0) is 37.3 Å². The predicted molar refractivity (Wildman–Crippen MR) is 109 cm³/mol. The molecule has 0 saturated heterocycles. The molecule has 0 fully saturated rings. The fraction of sp³-hybridized carbons (Fsp3) is 0.350. The molecule has 0 unspecified atom stereocenters. The molecule has 0 bridgehead atoms. The number of hydrogen-bond acceptors (Lipinski definition) is 6. The van der Waals surface area contributed by atoms with E-state index in [0.29, 0.717) is 18.3 Å². The molecule has 2 heterocycles. The van der Waals surface area contributed by atoms with Crippen LogP contribution < -0.4 is 5.56 Å². The lowest BCUT2D eigenvalue weighted by atomic mass is 10.2. The first kappa shape index (κ1) is 18.3. The van der Waals surface area contributed by atoms with Gasteiger partial charge in [0.25, 0.3) is 5.56 Å². The Hall–Kier alpha value is -2.12. The number of thioether (sulfide) groups is 1. The highest BCUT2D eigenvalue weighted by atomic mass is 32.2. The average molecular weight is 401 g/mol. The van der Waals surface area contributed by atoms with Crippen molar-refractivity contribution in [3.63, 3.8) is 0 Å². The van der Waals surface area contributed by atoms with Crippen molar-refractivity contribution in [2.75, 3.05) is 12.4 Å². The normalized spacial score (nSPS) is 13.1. The van der Waals surface area contributed by atoms with Gasteiger partial charge in [-0.15, -0.1) is 11.3 Å². The smallest absolute Gasteiger partial charge is 0.316 e. The molecule has 0 aliphatic heterocycles. The number of carbonyl (C=O) groups excluding carboxylic acids is 1. The number of aromatic nitrogens is 2. The van der Waals surface area contributed by atoms with E-state index >= 15 is 0 Å². The minimum absolute atomic E-state index is 0.00499. The summed E-state index contributed by atoms with van der Waals surface area (Å²) < 4.78 is 6.72. The Balaban J connectivity index is 1.78. The van der Waals surface area contributed by atoms with Crippen LogP contribution in [0.4, 0.5) is 0 Å². The molecule has 1 aromatic carbocycles. The molecule has 0 N–H and O–H groups in total. The number of nitrogens with zero attached hydrogens (tertiary/aromatic N) is 2. The van der Waals surface area contributed by atoms with Crippen molar-refractivity contribution >= 4 is 39.3 Å². The summed E-state index contributed by atoms with van der Waals surface area (Å²) in [6.07, 6.45) is 3.08. The maximum Gasteiger partial charge on any atom is 0.316 e. The third kappa shape index (κ3) is 3.66. The zero-order valence-corrected chi connectivity index (χ0v) is 16.7. The number of thiophene rings is 1. The Morgan fingerprint density at radius 2 is 2.11 bits per heavy atom. The molecular formula is C20H20N2O3S2. The van der Waals surface area contributed by atoms with Crippen molar-refractivity contribution in [3.8, 4) is 0 Å². The molecule has 1 aliphatic carbocycles. The summed E-state index contributed by atoms with van der Waals surface area (Å²) in [6.45, 7) is 2.57. The molecule has 1 aliphatic rings. The number of hydrogen-bond donors (Lipinski definition) is 0. The highest BCUT2D eigenvalue weighted by molar-refractivity contribution is 7.99. The third-order valence-electron chi connectivity index (χ3n) is 4.60. The van der Waals surface area contributed by atoms with Crippen molar-refractivity contribution in [2.24, 2.45) is 0 Å². The summed E-state index contributed by atoms with van der Waals surface area (Å²) in [5.74, 6) is -0.150. The SMILES string of the molecule is CCOC(=O)CSc1nc2sc3c(c2c(=O)n1Cc1ccccc1)CCC3. The van der Waals surface area contributed by atoms with Crippen molar-refractivity contribution in [3.05, 3.63) is 56.7 Å². The van der Waals surface area contributed by atoms with Crippen LogP contribution in [-0.4, -0.2) is 27.9 Å². The molecule has 140 valence electrons. The van der Waals surface area contributed by atoms with E-state index in [4.69, 9.17) is 9.72 Å². The number of ether oxygens (including phenoxy) is 1. The van der Waals surface area contributed by atoms with Crippen molar-refractivity contribution in [2.45, 2.75) is 37.9 Å². The van der Waals surface area contributed by atoms with E-state index in [9.17, 15) is 9.59 Å². The van der Waals surface area contributed by atoms with Crippen LogP contribution in [0.25, 0.3) is 10.2 Å². The van der Waals surface area contributed by atoms with Gasteiger partial charge in [0.05, 0.1) is 24.3 Å². The highest BCUT2D eigenvalue weighted by Gasteiger charge is 2.23. The average Bonchev–Trinajstić information content (AvgIpc) is 3.24. The molecule has 0 radical (unpaired) electrons. The van der Waals surface area contributed by atoms with Crippen LogP contribution in [0.2, 0.25) is 0 Å². The van der Waals surface area contributed by atoms with Gasteiger partial charge in [0, 0.05) is 4.88 Å². The van der Waals surface area contributed by atoms with E-state index in [-0.39, 0.29) is 17.3 Å². The van der Waals surface area contributed by atoms with Crippen molar-refractivity contribution in [1.82, 2.24) is 9.55 Å². The lowest BCUT2D eigenvalue weighted by Gasteiger charge is -2.12. The van der Waals surface area contributed by atoms with Gasteiger partial charge in [0.15, 0.2) is 5.16 Å². The van der Waals surface area contributed by atoms with Gasteiger partial charge in [-0.2, -0.15) is 0 Å². The molecule has 0 saturated carbocycles. The van der Waals surface area contributed by atoms with E-state index in [2.05, 4.69) is 0 Å². The Labute approximate surface area is 165 Å². The fourth-order valence-corrected chi connectivity index (χ4v) is 5.50. The molecular weight excluding hydrogens is 380 g/mol. The third-order valence-corrected chi connectivity index (χ3v) is 6.73. The summed E-state index contributed by atoms with van der Waals surface area (Å²) in [7, 11) is 0. The maximum absolute atomic E-state index is 13.3. The van der Waals surface area contributed by atoms with Gasteiger partial charge in [-0.3, -0.25) is 14.2 Å². The summed E-state index contributed by atoms with van der Waals surface area (Å²) in [6, 6.07) is 9.86. The molecule has 7 heteroatoms. The zero-order valence-electron chi connectivity index (χ0n) is 15.1. The molecule has 0 amide bonds. The molecule has 0 spiro atoms. The van der Waals surface area contributed by atoms with E-state index in [1.165, 1.54) is 22.2 Å². The van der Waals surface area contributed by atoms with Gasteiger partial charge in [0.2, 0.25) is 0 Å². The van der Waals surface area contributed by atoms with Gasteiger partial charge >= 0.3 is 5.97 Å². The second-order valence-corrected chi connectivity index (χ2v) is 8.43. The lowest BCUT2D eigenvalue weighted by molar-refractivity contribution is -0.139. The van der Waals surface area contributed by atoms with Crippen LogP contribution in [0.5, 0.6) is 0 Å². The summed E-state index contributed by atoms with van der Waals surface area (Å²) in [4.78, 5) is 32.0. The van der Waals surface area contributed by atoms with E-state index < -0.39 is 0 Å². The Bertz CT molecular complexity index is 1040. The van der Waals surface area contributed by atoms with Crippen LogP contribution in [0.1, 0.15) is 29.3 Å². The molecule has 3 aromatic rings. The predicted octanol–water partition coefficient (Wildman–Crippen LogP) is 3.65. The lowest BCUT2D eigenvalue weighted by Crippen LogP contribution is -2.24. The first-order chi connectivity index (χ1) is 13.2. The minimum atomic E-state index is -0.295. The number of rotatable bonds is 6. The Kier molecular flexibility index (Phi) is 5.31. The van der Waals surface area contributed by atoms with Crippen LogP contribution in [0.15, 0.2) is 40.3 Å². The number of esters is 1. The number of benzene rings is 1. The van der Waals surface area contributed by atoms with Crippen LogP contribution in [0.3, 0.4) is 0 Å². The molecule has 4 rings (SSSR count). The van der Waals surface area contributed by atoms with Gasteiger partial charge in [-0.25, -0.2) is 4.98 Å². The minimum Gasteiger partial charge on any atom is -0.465 e. The van der Waals surface area contributed by atoms with Gasteiger partial charge in [0.1, 0.15) is 4.83 Å². The number of aryl methyl sites for hydroxylation is 2. The highest BCUT2D eigenvalue weighted by Crippen LogP contribution is 2.35. The summed E-state index contributed by atoms with van der Waals surface area (Å²) in [5.41, 5.74) is 2.21. The fourth-order valence-electron chi connectivity index (χ4n) is 3.40. The Morgan fingerprint density at radius 1 is 1.30 bits per heavy atom. The summed E-state index contributed by atoms with van der Waals surface area (Å²) in [5, 5.41) is 1.34. The molecule has 0 atom stereocenters. The number of carbonyl (C=O) groups is 1. The van der Waals surface area contributed by atoms with Crippen LogP contribution in [-0.2, 0) is 28.9 Å². The second-order valence-electron chi connectivity index (χ2n) is 6.40. The van der Waals surface area contributed by atoms with Crippen LogP contribution >= 0.6 is 23.1 Å². The van der Waals surface area contributed by atoms with E-state index in [1.54, 1.807) is 22.8 Å². The Morgan fingerprint density at radius 3 is 2.89 bits per heavy atom. The monoisotopic (exact) mass is 400 g/mol. The zero-order chi connectivity index (χ0) is 18.8.